The first-order valence-corrected chi connectivity index (χ1v) is 15.5. The van der Waals surface area contributed by atoms with E-state index in [1.165, 1.54) is 12.1 Å². The maximum absolute atomic E-state index is 13.9. The summed E-state index contributed by atoms with van der Waals surface area (Å²) in [6.07, 6.45) is 1.77. The average Bonchev–Trinajstić information content (AvgIpc) is 2.70. The quantitative estimate of drug-likeness (QED) is 0.207. The molecule has 0 fully saturated rings. The van der Waals surface area contributed by atoms with Gasteiger partial charge in [-0.25, -0.2) is 4.39 Å². The average molecular weight is 501 g/mol. The normalized spacial score (nSPS) is 13.3. The van der Waals surface area contributed by atoms with Gasteiger partial charge in [0.25, 0.3) is 0 Å². The van der Waals surface area contributed by atoms with Crippen LogP contribution < -0.4 is 0 Å². The molecule has 0 radical (unpaired) electrons. The van der Waals surface area contributed by atoms with Crippen molar-refractivity contribution in [1.29, 1.82) is 0 Å². The summed E-state index contributed by atoms with van der Waals surface area (Å²) in [6.45, 7) is 26.2. The topological polar surface area (TPSA) is 43.7 Å². The molecule has 0 aliphatic heterocycles. The Labute approximate surface area is 213 Å². The molecular formula is C29H45FN2O2Si. The van der Waals surface area contributed by atoms with E-state index in [2.05, 4.69) is 66.7 Å². The molecule has 0 aliphatic rings. The lowest BCUT2D eigenvalue weighted by molar-refractivity contribution is 0.00198. The van der Waals surface area contributed by atoms with E-state index in [-0.39, 0.29) is 22.7 Å². The molecule has 0 amide bonds. The highest BCUT2D eigenvalue weighted by atomic mass is 28.4. The van der Waals surface area contributed by atoms with Crippen LogP contribution >= 0.6 is 0 Å². The van der Waals surface area contributed by atoms with E-state index in [1.54, 1.807) is 6.21 Å². The summed E-state index contributed by atoms with van der Waals surface area (Å²) in [5.41, 5.74) is 5.40. The number of rotatable bonds is 8. The highest BCUT2D eigenvalue weighted by Gasteiger charge is 2.38. The molecule has 1 aromatic heterocycles. The fraction of sp³-hybridized carbons (Fsp3) is 0.586. The molecule has 0 saturated carbocycles. The van der Waals surface area contributed by atoms with Gasteiger partial charge in [0.15, 0.2) is 8.32 Å². The van der Waals surface area contributed by atoms with Gasteiger partial charge in [-0.1, -0.05) is 65.8 Å². The van der Waals surface area contributed by atoms with Crippen molar-refractivity contribution in [2.75, 3.05) is 0 Å². The van der Waals surface area contributed by atoms with Gasteiger partial charge in [-0.05, 0) is 74.0 Å². The third-order valence-corrected chi connectivity index (χ3v) is 11.0. The van der Waals surface area contributed by atoms with Gasteiger partial charge in [-0.15, -0.1) is 0 Å². The lowest BCUT2D eigenvalue weighted by atomic mass is 9.88. The second kappa shape index (κ2) is 10.9. The summed E-state index contributed by atoms with van der Waals surface area (Å²) in [5, 5.41) is 4.43. The predicted molar refractivity (Wildman–Crippen MR) is 148 cm³/mol. The van der Waals surface area contributed by atoms with Crippen LogP contribution in [0.15, 0.2) is 29.4 Å². The van der Waals surface area contributed by atoms with Gasteiger partial charge in [0.2, 0.25) is 0 Å². The lowest BCUT2D eigenvalue weighted by Gasteiger charge is -2.37. The number of pyridine rings is 1. The standard InChI is InChI=1S/C29H45FN2O2Si/c1-19(2)26-23(17-31-34-28(5,6)7)25(21-13-15-22(30)16-14-21)24(27(32-26)20(3)4)18-33-35(11,12)29(8,9)10/h13-17,19-20H,18H2,1-12H3. The number of halogens is 1. The first-order valence-electron chi connectivity index (χ1n) is 12.6. The minimum absolute atomic E-state index is 0.0805. The summed E-state index contributed by atoms with van der Waals surface area (Å²) in [6, 6.07) is 6.67. The molecule has 194 valence electrons. The van der Waals surface area contributed by atoms with Crippen molar-refractivity contribution < 1.29 is 13.7 Å². The van der Waals surface area contributed by atoms with E-state index in [0.717, 1.165) is 33.6 Å². The van der Waals surface area contributed by atoms with E-state index in [4.69, 9.17) is 14.2 Å². The molecule has 2 rings (SSSR count). The van der Waals surface area contributed by atoms with E-state index in [0.29, 0.717) is 6.61 Å². The van der Waals surface area contributed by atoms with Crippen LogP contribution in [0.5, 0.6) is 0 Å². The van der Waals surface area contributed by atoms with Crippen molar-refractivity contribution in [2.45, 2.75) is 111 Å². The lowest BCUT2D eigenvalue weighted by Crippen LogP contribution is -2.40. The zero-order valence-electron chi connectivity index (χ0n) is 23.8. The summed E-state index contributed by atoms with van der Waals surface area (Å²) in [5.74, 6) is 0.0981. The molecule has 0 saturated heterocycles. The SMILES string of the molecule is CC(C)c1nc(C(C)C)c(CO[Si](C)(C)C(C)(C)C)c(-c2ccc(F)cc2)c1C=NOC(C)(C)C. The molecule has 0 unspecified atom stereocenters. The molecule has 6 heteroatoms. The zero-order chi connectivity index (χ0) is 26.8. The number of hydrogen-bond donors (Lipinski definition) is 0. The maximum atomic E-state index is 13.9. The van der Waals surface area contributed by atoms with E-state index in [9.17, 15) is 4.39 Å². The van der Waals surface area contributed by atoms with Crippen molar-refractivity contribution in [3.63, 3.8) is 0 Å². The predicted octanol–water partition coefficient (Wildman–Crippen LogP) is 8.81. The highest BCUT2D eigenvalue weighted by molar-refractivity contribution is 6.74. The van der Waals surface area contributed by atoms with Gasteiger partial charge in [-0.2, -0.15) is 0 Å². The fourth-order valence-corrected chi connectivity index (χ4v) is 4.46. The van der Waals surface area contributed by atoms with Crippen molar-refractivity contribution in [1.82, 2.24) is 4.98 Å². The van der Waals surface area contributed by atoms with Gasteiger partial charge >= 0.3 is 0 Å². The Kier molecular flexibility index (Phi) is 9.10. The second-order valence-electron chi connectivity index (χ2n) is 12.5. The van der Waals surface area contributed by atoms with Crippen LogP contribution in [0.25, 0.3) is 11.1 Å². The molecule has 0 spiro atoms. The molecule has 4 nitrogen and oxygen atoms in total. The van der Waals surface area contributed by atoms with Crippen LogP contribution in [-0.2, 0) is 15.9 Å². The minimum Gasteiger partial charge on any atom is -0.412 e. The van der Waals surface area contributed by atoms with Crippen molar-refractivity contribution >= 4 is 14.5 Å². The van der Waals surface area contributed by atoms with Crippen molar-refractivity contribution in [3.05, 3.63) is 52.6 Å². The van der Waals surface area contributed by atoms with Crippen LogP contribution in [-0.4, -0.2) is 25.1 Å². The smallest absolute Gasteiger partial charge is 0.192 e. The highest BCUT2D eigenvalue weighted by Crippen LogP contribution is 2.40. The molecule has 0 atom stereocenters. The number of nitrogens with zero attached hydrogens (tertiary/aromatic N) is 2. The summed E-state index contributed by atoms with van der Waals surface area (Å²) in [7, 11) is -2.03. The third kappa shape index (κ3) is 7.47. The Balaban J connectivity index is 2.87. The Hall–Kier alpha value is -2.05. The van der Waals surface area contributed by atoms with Crippen LogP contribution in [0.1, 0.15) is 104 Å². The Bertz CT molecular complexity index is 1030. The summed E-state index contributed by atoms with van der Waals surface area (Å²) < 4.78 is 20.6. The number of hydrogen-bond acceptors (Lipinski definition) is 4. The van der Waals surface area contributed by atoms with Gasteiger partial charge in [0, 0.05) is 16.8 Å². The number of benzene rings is 1. The van der Waals surface area contributed by atoms with Gasteiger partial charge < -0.3 is 9.26 Å². The summed E-state index contributed by atoms with van der Waals surface area (Å²) in [4.78, 5) is 10.9. The Morgan fingerprint density at radius 3 is 1.94 bits per heavy atom. The van der Waals surface area contributed by atoms with Crippen LogP contribution in [0.3, 0.4) is 0 Å². The molecule has 0 N–H and O–H groups in total. The van der Waals surface area contributed by atoms with Gasteiger partial charge in [-0.3, -0.25) is 4.98 Å². The Morgan fingerprint density at radius 2 is 1.49 bits per heavy atom. The molecular weight excluding hydrogens is 455 g/mol. The fourth-order valence-electron chi connectivity index (χ4n) is 3.52. The number of oxime groups is 1. The third-order valence-electron chi connectivity index (χ3n) is 6.52. The Morgan fingerprint density at radius 1 is 0.943 bits per heavy atom. The van der Waals surface area contributed by atoms with E-state index >= 15 is 0 Å². The van der Waals surface area contributed by atoms with Gasteiger partial charge in [0.1, 0.15) is 11.4 Å². The van der Waals surface area contributed by atoms with Crippen molar-refractivity contribution in [2.24, 2.45) is 5.16 Å². The van der Waals surface area contributed by atoms with Crippen molar-refractivity contribution in [3.8, 4) is 11.1 Å². The largest absolute Gasteiger partial charge is 0.412 e. The van der Waals surface area contributed by atoms with Gasteiger partial charge in [0.05, 0.1) is 18.5 Å². The minimum atomic E-state index is -2.03. The molecule has 1 aromatic carbocycles. The van der Waals surface area contributed by atoms with Crippen LogP contribution in [0, 0.1) is 5.82 Å². The molecule has 1 heterocycles. The van der Waals surface area contributed by atoms with E-state index in [1.807, 2.05) is 32.9 Å². The van der Waals surface area contributed by atoms with Crippen LogP contribution in [0.2, 0.25) is 18.1 Å². The maximum Gasteiger partial charge on any atom is 0.192 e. The molecule has 0 aliphatic carbocycles. The monoisotopic (exact) mass is 500 g/mol. The molecule has 2 aromatic rings. The second-order valence-corrected chi connectivity index (χ2v) is 17.3. The first-order chi connectivity index (χ1) is 15.9. The molecule has 0 bridgehead atoms. The number of aromatic nitrogens is 1. The molecule has 35 heavy (non-hydrogen) atoms. The van der Waals surface area contributed by atoms with Crippen LogP contribution in [0.4, 0.5) is 4.39 Å². The zero-order valence-corrected chi connectivity index (χ0v) is 24.8. The van der Waals surface area contributed by atoms with E-state index < -0.39 is 13.9 Å². The summed E-state index contributed by atoms with van der Waals surface area (Å²) >= 11 is 0. The first kappa shape index (κ1) is 29.2.